The van der Waals surface area contributed by atoms with Gasteiger partial charge in [-0.05, 0) is 39.0 Å². The van der Waals surface area contributed by atoms with Gasteiger partial charge in [-0.25, -0.2) is 0 Å². The van der Waals surface area contributed by atoms with Crippen LogP contribution < -0.4 is 5.46 Å². The van der Waals surface area contributed by atoms with Crippen LogP contribution in [0.1, 0.15) is 27.7 Å². The first-order valence-electron chi connectivity index (χ1n) is 7.29. The second kappa shape index (κ2) is 5.40. The molecule has 0 spiro atoms. The normalized spacial score (nSPS) is 18.8. The molecule has 0 amide bonds. The van der Waals surface area contributed by atoms with Crippen molar-refractivity contribution in [3.05, 3.63) is 18.3 Å². The smallest absolute Gasteiger partial charge is 0.399 e. The Morgan fingerprint density at radius 2 is 1.91 bits per heavy atom. The Morgan fingerprint density at radius 3 is 2.48 bits per heavy atom. The van der Waals surface area contributed by atoms with Crippen molar-refractivity contribution < 1.29 is 9.31 Å². The summed E-state index contributed by atoms with van der Waals surface area (Å²) in [6.07, 6.45) is 1.68. The molecule has 0 saturated carbocycles. The lowest BCUT2D eigenvalue weighted by Crippen LogP contribution is -2.41. The summed E-state index contributed by atoms with van der Waals surface area (Å²) < 4.78 is 12.0. The van der Waals surface area contributed by atoms with E-state index < -0.39 is 18.3 Å². The predicted molar refractivity (Wildman–Crippen MR) is 82.4 cm³/mol. The van der Waals surface area contributed by atoms with E-state index in [-0.39, 0.29) is 6.54 Å². The monoisotopic (exact) mass is 312 g/mol. The Hall–Kier alpha value is -2.31. The summed E-state index contributed by atoms with van der Waals surface area (Å²) in [5, 5.41) is 20.4. The molecule has 1 fully saturated rings. The summed E-state index contributed by atoms with van der Waals surface area (Å²) in [5.74, 6) is 0.376. The van der Waals surface area contributed by atoms with E-state index in [2.05, 4.69) is 20.4 Å². The number of pyridine rings is 1. The zero-order valence-electron chi connectivity index (χ0n) is 13.5. The van der Waals surface area contributed by atoms with Crippen molar-refractivity contribution in [1.82, 2.24) is 25.2 Å². The van der Waals surface area contributed by atoms with Crippen molar-refractivity contribution in [1.29, 1.82) is 5.26 Å². The van der Waals surface area contributed by atoms with Gasteiger partial charge in [0.05, 0.1) is 17.3 Å². The molecule has 3 heterocycles. The Kier molecular flexibility index (Phi) is 3.66. The summed E-state index contributed by atoms with van der Waals surface area (Å²) in [7, 11) is -0.455. The highest BCUT2D eigenvalue weighted by Crippen LogP contribution is 2.36. The van der Waals surface area contributed by atoms with E-state index in [1.54, 1.807) is 12.3 Å². The van der Waals surface area contributed by atoms with Crippen LogP contribution in [0.4, 0.5) is 0 Å². The van der Waals surface area contributed by atoms with Gasteiger partial charge in [0.1, 0.15) is 12.2 Å². The van der Waals surface area contributed by atoms with Crippen molar-refractivity contribution in [3.63, 3.8) is 0 Å². The highest BCUT2D eigenvalue weighted by Gasteiger charge is 2.51. The van der Waals surface area contributed by atoms with Crippen LogP contribution in [-0.2, 0) is 15.9 Å². The minimum absolute atomic E-state index is 0.0546. The van der Waals surface area contributed by atoms with E-state index in [9.17, 15) is 0 Å². The maximum Gasteiger partial charge on any atom is 0.496 e. The van der Waals surface area contributed by atoms with Gasteiger partial charge >= 0.3 is 7.12 Å². The lowest BCUT2D eigenvalue weighted by atomic mass is 9.80. The van der Waals surface area contributed by atoms with E-state index >= 15 is 0 Å². The molecule has 2 aromatic heterocycles. The fourth-order valence-corrected chi connectivity index (χ4v) is 2.13. The molecule has 0 aliphatic carbocycles. The van der Waals surface area contributed by atoms with Gasteiger partial charge in [-0.15, -0.1) is 15.0 Å². The number of aromatic nitrogens is 5. The van der Waals surface area contributed by atoms with Crippen molar-refractivity contribution in [2.75, 3.05) is 0 Å². The fraction of sp³-hybridized carbons (Fsp3) is 0.500. The zero-order chi connectivity index (χ0) is 16.7. The van der Waals surface area contributed by atoms with E-state index in [0.29, 0.717) is 11.5 Å². The average molecular weight is 312 g/mol. The standard InChI is InChI=1S/C14H17BN6O2/c1-13(2)14(3,4)23-15(22-13)10-5-6-11(17-9-10)12-18-20-21(19-12)8-7-16/h5-6,9H,8H2,1-4H3. The van der Waals surface area contributed by atoms with Gasteiger partial charge in [0.15, 0.2) is 0 Å². The summed E-state index contributed by atoms with van der Waals surface area (Å²) in [5.41, 5.74) is 0.627. The van der Waals surface area contributed by atoms with E-state index in [1.165, 1.54) is 4.80 Å². The third-order valence-electron chi connectivity index (χ3n) is 4.21. The minimum Gasteiger partial charge on any atom is -0.399 e. The lowest BCUT2D eigenvalue weighted by molar-refractivity contribution is 0.00578. The molecule has 9 heteroatoms. The van der Waals surface area contributed by atoms with E-state index in [1.807, 2.05) is 39.8 Å². The Morgan fingerprint density at radius 1 is 1.22 bits per heavy atom. The molecule has 118 valence electrons. The summed E-state index contributed by atoms with van der Waals surface area (Å²) >= 11 is 0. The maximum absolute atomic E-state index is 8.62. The second-order valence-corrected chi connectivity index (χ2v) is 6.37. The highest BCUT2D eigenvalue weighted by molar-refractivity contribution is 6.62. The molecular weight excluding hydrogens is 295 g/mol. The third-order valence-corrected chi connectivity index (χ3v) is 4.21. The predicted octanol–water partition coefficient (Wildman–Crippen LogP) is 0.558. The largest absolute Gasteiger partial charge is 0.496 e. The van der Waals surface area contributed by atoms with Crippen LogP contribution in [-0.4, -0.2) is 43.5 Å². The molecule has 0 radical (unpaired) electrons. The number of hydrogen-bond donors (Lipinski definition) is 0. The van der Waals surface area contributed by atoms with Crippen LogP contribution in [0.15, 0.2) is 18.3 Å². The van der Waals surface area contributed by atoms with Crippen molar-refractivity contribution in [3.8, 4) is 17.6 Å². The van der Waals surface area contributed by atoms with Crippen LogP contribution in [0.5, 0.6) is 0 Å². The van der Waals surface area contributed by atoms with Crippen LogP contribution in [0.3, 0.4) is 0 Å². The topological polar surface area (TPSA) is 98.7 Å². The molecule has 8 nitrogen and oxygen atoms in total. The lowest BCUT2D eigenvalue weighted by Gasteiger charge is -2.32. The Labute approximate surface area is 134 Å². The molecule has 23 heavy (non-hydrogen) atoms. The first kappa shape index (κ1) is 15.6. The maximum atomic E-state index is 8.62. The number of hydrogen-bond acceptors (Lipinski definition) is 7. The molecule has 0 N–H and O–H groups in total. The Balaban J connectivity index is 1.79. The van der Waals surface area contributed by atoms with Gasteiger partial charge in [-0.3, -0.25) is 4.98 Å². The molecule has 3 rings (SSSR count). The Bertz CT molecular complexity index is 733. The van der Waals surface area contributed by atoms with Crippen LogP contribution in [0.2, 0.25) is 0 Å². The zero-order valence-corrected chi connectivity index (χ0v) is 13.5. The van der Waals surface area contributed by atoms with Crippen molar-refractivity contribution in [2.24, 2.45) is 0 Å². The van der Waals surface area contributed by atoms with Gasteiger partial charge in [0.2, 0.25) is 5.82 Å². The highest BCUT2D eigenvalue weighted by atomic mass is 16.7. The van der Waals surface area contributed by atoms with Gasteiger partial charge in [-0.2, -0.15) is 5.26 Å². The third kappa shape index (κ3) is 2.83. The van der Waals surface area contributed by atoms with Crippen molar-refractivity contribution in [2.45, 2.75) is 45.4 Å². The van der Waals surface area contributed by atoms with Crippen molar-refractivity contribution >= 4 is 12.6 Å². The number of nitriles is 1. The molecular formula is C14H17BN6O2. The summed E-state index contributed by atoms with van der Waals surface area (Å²) in [6.45, 7) is 8.08. The number of nitrogens with zero attached hydrogens (tertiary/aromatic N) is 6. The van der Waals surface area contributed by atoms with Crippen LogP contribution in [0, 0.1) is 11.3 Å². The molecule has 0 unspecified atom stereocenters. The number of tetrazole rings is 1. The first-order valence-corrected chi connectivity index (χ1v) is 7.29. The van der Waals surface area contributed by atoms with Gasteiger partial charge in [0.25, 0.3) is 0 Å². The van der Waals surface area contributed by atoms with Gasteiger partial charge in [-0.1, -0.05) is 6.07 Å². The van der Waals surface area contributed by atoms with Gasteiger partial charge in [0, 0.05) is 11.7 Å². The van der Waals surface area contributed by atoms with E-state index in [0.717, 1.165) is 5.46 Å². The van der Waals surface area contributed by atoms with Crippen LogP contribution in [0.25, 0.3) is 11.5 Å². The summed E-state index contributed by atoms with van der Waals surface area (Å²) in [6, 6.07) is 5.61. The number of rotatable bonds is 3. The second-order valence-electron chi connectivity index (χ2n) is 6.37. The molecule has 2 aromatic rings. The fourth-order valence-electron chi connectivity index (χ4n) is 2.13. The molecule has 0 atom stereocenters. The minimum atomic E-state index is -0.455. The summed E-state index contributed by atoms with van der Waals surface area (Å²) in [4.78, 5) is 5.56. The van der Waals surface area contributed by atoms with Crippen LogP contribution >= 0.6 is 0 Å². The molecule has 0 bridgehead atoms. The molecule has 0 aromatic carbocycles. The first-order chi connectivity index (χ1) is 10.8. The molecule has 1 aliphatic heterocycles. The van der Waals surface area contributed by atoms with Gasteiger partial charge < -0.3 is 9.31 Å². The quantitative estimate of drug-likeness (QED) is 0.763. The molecule has 1 aliphatic rings. The van der Waals surface area contributed by atoms with E-state index in [4.69, 9.17) is 14.6 Å². The SMILES string of the molecule is CC1(C)OB(c2ccc(-c3nnn(CC#N)n3)nc2)OC1(C)C. The molecule has 1 saturated heterocycles. The average Bonchev–Trinajstić information content (AvgIpc) is 3.03.